The molecule has 0 atom stereocenters. The molecule has 0 bridgehead atoms. The van der Waals surface area contributed by atoms with Crippen LogP contribution in [-0.2, 0) is 0 Å². The van der Waals surface area contributed by atoms with Gasteiger partial charge in [-0.25, -0.2) is 0 Å². The molecule has 0 aromatic carbocycles. The van der Waals surface area contributed by atoms with Crippen LogP contribution >= 0.6 is 12.4 Å². The Labute approximate surface area is 153 Å². The van der Waals surface area contributed by atoms with Gasteiger partial charge in [-0.05, 0) is 34.0 Å². The Bertz CT molecular complexity index is 177. The van der Waals surface area contributed by atoms with Crippen LogP contribution in [0.3, 0.4) is 0 Å². The molecule has 0 amide bonds. The van der Waals surface area contributed by atoms with Crippen molar-refractivity contribution in [2.24, 2.45) is 0 Å². The van der Waals surface area contributed by atoms with Crippen molar-refractivity contribution in [2.75, 3.05) is 27.2 Å². The van der Waals surface area contributed by atoms with Crippen LogP contribution in [0.15, 0.2) is 0 Å². The highest BCUT2D eigenvalue weighted by Crippen LogP contribution is 2.12. The number of aliphatic hydroxyl groups excluding tert-OH is 1. The molecular formula is C20H46ClNO. The molecule has 0 heterocycles. The minimum atomic E-state index is 0. The minimum absolute atomic E-state index is 0. The average molecular weight is 352 g/mol. The second kappa shape index (κ2) is 27.1. The molecule has 0 aliphatic heterocycles. The lowest BCUT2D eigenvalue weighted by Gasteiger charge is -2.08. The van der Waals surface area contributed by atoms with Crippen LogP contribution in [0.5, 0.6) is 0 Å². The number of aliphatic hydroxyl groups is 1. The average Bonchev–Trinajstić information content (AvgIpc) is 2.48. The summed E-state index contributed by atoms with van der Waals surface area (Å²) in [6.07, 6.45) is 20.3. The van der Waals surface area contributed by atoms with Gasteiger partial charge in [0.05, 0.1) is 0 Å². The zero-order chi connectivity index (χ0) is 16.9. The number of nitrogens with zero attached hydrogens (tertiary/aromatic N) is 1. The molecule has 0 unspecified atom stereocenters. The van der Waals surface area contributed by atoms with Crippen LogP contribution in [0.25, 0.3) is 0 Å². The molecule has 0 radical (unpaired) electrons. The summed E-state index contributed by atoms with van der Waals surface area (Å²) in [4.78, 5) is 2.29. The first-order valence-electron chi connectivity index (χ1n) is 9.94. The fourth-order valence-electron chi connectivity index (χ4n) is 2.62. The van der Waals surface area contributed by atoms with Crippen molar-refractivity contribution in [3.05, 3.63) is 0 Å². The summed E-state index contributed by atoms with van der Waals surface area (Å²) in [5.41, 5.74) is 0. The zero-order valence-electron chi connectivity index (χ0n) is 16.6. The Morgan fingerprint density at radius 2 is 0.826 bits per heavy atom. The van der Waals surface area contributed by atoms with Gasteiger partial charge in [0.15, 0.2) is 0 Å². The molecule has 0 fully saturated rings. The van der Waals surface area contributed by atoms with Gasteiger partial charge in [0.2, 0.25) is 0 Å². The Morgan fingerprint density at radius 3 is 1.09 bits per heavy atom. The third-order valence-corrected chi connectivity index (χ3v) is 3.96. The number of unbranched alkanes of at least 4 members (excludes halogenated alkanes) is 13. The molecule has 0 rings (SSSR count). The van der Waals surface area contributed by atoms with Gasteiger partial charge in [-0.2, -0.15) is 0 Å². The van der Waals surface area contributed by atoms with E-state index >= 15 is 0 Å². The van der Waals surface area contributed by atoms with E-state index in [2.05, 4.69) is 25.9 Å². The predicted octanol–water partition coefficient (Wildman–Crippen LogP) is 6.45. The maximum Gasteiger partial charge on any atom is 0.0402 e. The highest BCUT2D eigenvalue weighted by molar-refractivity contribution is 5.85. The Kier molecular flexibility index (Phi) is 33.0. The highest BCUT2D eigenvalue weighted by Gasteiger charge is 1.94. The van der Waals surface area contributed by atoms with Gasteiger partial charge in [0.1, 0.15) is 0 Å². The molecule has 0 spiro atoms. The van der Waals surface area contributed by atoms with Gasteiger partial charge < -0.3 is 10.0 Å². The first-order chi connectivity index (χ1) is 10.7. The van der Waals surface area contributed by atoms with Crippen molar-refractivity contribution in [1.82, 2.24) is 4.90 Å². The summed E-state index contributed by atoms with van der Waals surface area (Å²) in [5.74, 6) is 0. The smallest absolute Gasteiger partial charge is 0.0402 e. The lowest BCUT2D eigenvalue weighted by atomic mass is 10.0. The molecule has 0 saturated heterocycles. The molecule has 0 aliphatic carbocycles. The van der Waals surface area contributed by atoms with Crippen LogP contribution in [0.4, 0.5) is 0 Å². The van der Waals surface area contributed by atoms with E-state index in [0.29, 0.717) is 0 Å². The fraction of sp³-hybridized carbons (Fsp3) is 1.00. The quantitative estimate of drug-likeness (QED) is 0.343. The topological polar surface area (TPSA) is 23.5 Å². The molecule has 0 aromatic heterocycles. The molecule has 144 valence electrons. The van der Waals surface area contributed by atoms with Gasteiger partial charge in [-0.1, -0.05) is 90.4 Å². The van der Waals surface area contributed by atoms with Crippen molar-refractivity contribution in [3.8, 4) is 0 Å². The third-order valence-electron chi connectivity index (χ3n) is 3.96. The Morgan fingerprint density at radius 1 is 0.565 bits per heavy atom. The second-order valence-electron chi connectivity index (χ2n) is 6.72. The first kappa shape index (κ1) is 28.0. The number of hydrogen-bond donors (Lipinski definition) is 1. The van der Waals surface area contributed by atoms with Crippen molar-refractivity contribution in [2.45, 2.75) is 104 Å². The van der Waals surface area contributed by atoms with E-state index in [9.17, 15) is 0 Å². The van der Waals surface area contributed by atoms with E-state index in [1.165, 1.54) is 96.4 Å². The Balaban J connectivity index is -0.000000920. The molecule has 0 saturated carbocycles. The van der Waals surface area contributed by atoms with Crippen molar-refractivity contribution < 1.29 is 5.11 Å². The minimum Gasteiger partial charge on any atom is -0.397 e. The van der Waals surface area contributed by atoms with E-state index in [1.54, 1.807) is 6.92 Å². The largest absolute Gasteiger partial charge is 0.397 e. The normalized spacial score (nSPS) is 10.2. The van der Waals surface area contributed by atoms with Gasteiger partial charge in [0, 0.05) is 6.61 Å². The SMILES string of the molecule is CCCCCCCCCCCCCCCCN(C)C.CCO.Cl. The van der Waals surface area contributed by atoms with Crippen molar-refractivity contribution in [3.63, 3.8) is 0 Å². The van der Waals surface area contributed by atoms with Crippen LogP contribution in [0, 0.1) is 0 Å². The van der Waals surface area contributed by atoms with E-state index in [4.69, 9.17) is 5.11 Å². The van der Waals surface area contributed by atoms with Crippen LogP contribution in [0.1, 0.15) is 104 Å². The van der Waals surface area contributed by atoms with Crippen LogP contribution in [-0.4, -0.2) is 37.3 Å². The molecule has 2 nitrogen and oxygen atoms in total. The molecule has 23 heavy (non-hydrogen) atoms. The highest BCUT2D eigenvalue weighted by atomic mass is 35.5. The first-order valence-corrected chi connectivity index (χ1v) is 9.94. The number of hydrogen-bond acceptors (Lipinski definition) is 2. The maximum absolute atomic E-state index is 7.57. The van der Waals surface area contributed by atoms with Gasteiger partial charge in [-0.15, -0.1) is 12.4 Å². The summed E-state index contributed by atoms with van der Waals surface area (Å²) >= 11 is 0. The van der Waals surface area contributed by atoms with Crippen molar-refractivity contribution in [1.29, 1.82) is 0 Å². The zero-order valence-corrected chi connectivity index (χ0v) is 17.4. The number of halogens is 1. The van der Waals surface area contributed by atoms with E-state index in [-0.39, 0.29) is 19.0 Å². The van der Waals surface area contributed by atoms with Gasteiger partial charge in [0.25, 0.3) is 0 Å². The summed E-state index contributed by atoms with van der Waals surface area (Å²) in [5, 5.41) is 7.57. The molecule has 3 heteroatoms. The summed E-state index contributed by atoms with van der Waals surface area (Å²) in [6, 6.07) is 0. The third kappa shape index (κ3) is 34.5. The molecule has 0 aliphatic rings. The summed E-state index contributed by atoms with van der Waals surface area (Å²) in [6.45, 7) is 5.48. The molecule has 1 N–H and O–H groups in total. The standard InChI is InChI=1S/C18H39N.C2H6O.ClH/c1-4-5-6-7-8-9-10-11-12-13-14-15-16-17-18-19(2)3;1-2-3;/h4-18H2,1-3H3;3H,2H2,1H3;1H. The van der Waals surface area contributed by atoms with Crippen LogP contribution in [0.2, 0.25) is 0 Å². The molecular weight excluding hydrogens is 306 g/mol. The predicted molar refractivity (Wildman–Crippen MR) is 109 cm³/mol. The number of rotatable bonds is 15. The lowest BCUT2D eigenvalue weighted by Crippen LogP contribution is -2.12. The maximum atomic E-state index is 7.57. The van der Waals surface area contributed by atoms with E-state index in [0.717, 1.165) is 0 Å². The lowest BCUT2D eigenvalue weighted by molar-refractivity contribution is 0.318. The van der Waals surface area contributed by atoms with Crippen molar-refractivity contribution >= 4 is 12.4 Å². The van der Waals surface area contributed by atoms with E-state index in [1.807, 2.05) is 0 Å². The summed E-state index contributed by atoms with van der Waals surface area (Å²) < 4.78 is 0. The monoisotopic (exact) mass is 351 g/mol. The second-order valence-corrected chi connectivity index (χ2v) is 6.72. The molecule has 0 aromatic rings. The fourth-order valence-corrected chi connectivity index (χ4v) is 2.62. The summed E-state index contributed by atoms with van der Waals surface area (Å²) in [7, 11) is 4.34. The Hall–Kier alpha value is 0.210. The van der Waals surface area contributed by atoms with Crippen LogP contribution < -0.4 is 0 Å². The van der Waals surface area contributed by atoms with Gasteiger partial charge in [-0.3, -0.25) is 0 Å². The van der Waals surface area contributed by atoms with E-state index < -0.39 is 0 Å². The van der Waals surface area contributed by atoms with Gasteiger partial charge >= 0.3 is 0 Å².